The Morgan fingerprint density at radius 3 is 2.44 bits per heavy atom. The van der Waals surface area contributed by atoms with Gasteiger partial charge in [-0.2, -0.15) is 5.26 Å². The van der Waals surface area contributed by atoms with Crippen molar-refractivity contribution in [2.75, 3.05) is 32.8 Å². The minimum Gasteiger partial charge on any atom is -0.480 e. The molecule has 1 aromatic carbocycles. The molecule has 7 heteroatoms. The van der Waals surface area contributed by atoms with Gasteiger partial charge in [0.25, 0.3) is 5.91 Å². The zero-order chi connectivity index (χ0) is 17.8. The Labute approximate surface area is 146 Å². The largest absolute Gasteiger partial charge is 0.480 e. The minimum absolute atomic E-state index is 0.162. The van der Waals surface area contributed by atoms with Gasteiger partial charge in [-0.25, -0.2) is 4.79 Å². The number of hydrogen-bond donors (Lipinski definition) is 1. The van der Waals surface area contributed by atoms with Gasteiger partial charge in [0.15, 0.2) is 0 Å². The summed E-state index contributed by atoms with van der Waals surface area (Å²) in [5.41, 5.74) is 0.882. The Morgan fingerprint density at radius 2 is 1.84 bits per heavy atom. The molecule has 0 aromatic heterocycles. The molecule has 25 heavy (non-hydrogen) atoms. The molecule has 0 saturated carbocycles. The summed E-state index contributed by atoms with van der Waals surface area (Å²) >= 11 is 0. The Hall–Kier alpha value is -2.43. The van der Waals surface area contributed by atoms with Gasteiger partial charge in [-0.15, -0.1) is 0 Å². The molecular weight excluding hydrogens is 322 g/mol. The summed E-state index contributed by atoms with van der Waals surface area (Å²) in [5.74, 6) is -1.27. The van der Waals surface area contributed by atoms with Crippen LogP contribution in [0.1, 0.15) is 28.8 Å². The maximum absolute atomic E-state index is 12.7. The van der Waals surface area contributed by atoms with Gasteiger partial charge >= 0.3 is 5.97 Å². The monoisotopic (exact) mass is 343 g/mol. The number of carbonyl (C=O) groups excluding carboxylic acids is 1. The van der Waals surface area contributed by atoms with Crippen molar-refractivity contribution in [1.29, 1.82) is 5.26 Å². The van der Waals surface area contributed by atoms with E-state index in [4.69, 9.17) is 10.00 Å². The van der Waals surface area contributed by atoms with Crippen molar-refractivity contribution >= 4 is 11.9 Å². The van der Waals surface area contributed by atoms with Crippen molar-refractivity contribution in [2.45, 2.75) is 24.9 Å². The molecule has 1 N–H and O–H groups in total. The number of amides is 1. The first-order valence-electron chi connectivity index (χ1n) is 8.46. The summed E-state index contributed by atoms with van der Waals surface area (Å²) < 4.78 is 5.36. The molecule has 0 spiro atoms. The van der Waals surface area contributed by atoms with E-state index >= 15 is 0 Å². The number of benzene rings is 1. The van der Waals surface area contributed by atoms with E-state index in [9.17, 15) is 14.7 Å². The summed E-state index contributed by atoms with van der Waals surface area (Å²) in [5, 5.41) is 18.5. The van der Waals surface area contributed by atoms with E-state index in [1.807, 2.05) is 6.07 Å². The normalized spacial score (nSPS) is 24.5. The van der Waals surface area contributed by atoms with Crippen LogP contribution < -0.4 is 0 Å². The van der Waals surface area contributed by atoms with E-state index in [1.54, 1.807) is 24.3 Å². The summed E-state index contributed by atoms with van der Waals surface area (Å²) in [6, 6.07) is 7.64. The number of rotatable bonds is 3. The molecule has 2 heterocycles. The van der Waals surface area contributed by atoms with Crippen LogP contribution in [0.5, 0.6) is 0 Å². The fraction of sp³-hybridized carbons (Fsp3) is 0.500. The van der Waals surface area contributed by atoms with Gasteiger partial charge in [0.05, 0.1) is 24.8 Å². The number of carbonyl (C=O) groups is 2. The van der Waals surface area contributed by atoms with Gasteiger partial charge in [-0.05, 0) is 37.1 Å². The molecule has 2 atom stereocenters. The minimum atomic E-state index is -0.972. The first-order valence-corrected chi connectivity index (χ1v) is 8.46. The fourth-order valence-electron chi connectivity index (χ4n) is 3.55. The number of carboxylic acid groups (broad SMARTS) is 1. The van der Waals surface area contributed by atoms with Crippen molar-refractivity contribution in [3.63, 3.8) is 0 Å². The SMILES string of the molecule is N#Cc1ccc(C(=O)N2CCC(N3CCOCC3)CC2C(=O)O)cc1. The topological polar surface area (TPSA) is 93.9 Å². The molecule has 2 saturated heterocycles. The Bertz CT molecular complexity index is 677. The fourth-order valence-corrected chi connectivity index (χ4v) is 3.55. The van der Waals surface area contributed by atoms with E-state index in [2.05, 4.69) is 4.90 Å². The van der Waals surface area contributed by atoms with Crippen molar-refractivity contribution in [3.8, 4) is 6.07 Å². The van der Waals surface area contributed by atoms with Gasteiger partial charge < -0.3 is 14.7 Å². The number of carboxylic acids is 1. The average molecular weight is 343 g/mol. The van der Waals surface area contributed by atoms with E-state index in [0.717, 1.165) is 19.5 Å². The van der Waals surface area contributed by atoms with Gasteiger partial charge in [0, 0.05) is 31.2 Å². The lowest BCUT2D eigenvalue weighted by molar-refractivity contribution is -0.144. The van der Waals surface area contributed by atoms with Gasteiger partial charge in [0.1, 0.15) is 6.04 Å². The van der Waals surface area contributed by atoms with Crippen LogP contribution in [0.4, 0.5) is 0 Å². The Kier molecular flexibility index (Phi) is 5.31. The summed E-state index contributed by atoms with van der Waals surface area (Å²) in [6.45, 7) is 3.36. The molecule has 0 radical (unpaired) electrons. The third-order valence-corrected chi connectivity index (χ3v) is 4.94. The van der Waals surface area contributed by atoms with Crippen molar-refractivity contribution in [2.24, 2.45) is 0 Å². The number of hydrogen-bond acceptors (Lipinski definition) is 5. The maximum Gasteiger partial charge on any atom is 0.326 e. The highest BCUT2D eigenvalue weighted by Gasteiger charge is 2.38. The zero-order valence-electron chi connectivity index (χ0n) is 13.9. The predicted octanol–water partition coefficient (Wildman–Crippen LogP) is 0.948. The van der Waals surface area contributed by atoms with E-state index in [-0.39, 0.29) is 11.9 Å². The molecule has 1 amide bonds. The summed E-state index contributed by atoms with van der Waals surface area (Å²) in [7, 11) is 0. The smallest absolute Gasteiger partial charge is 0.326 e. The first-order chi connectivity index (χ1) is 12.1. The Balaban J connectivity index is 1.73. The third-order valence-electron chi connectivity index (χ3n) is 4.94. The van der Waals surface area contributed by atoms with Gasteiger partial charge in [-0.3, -0.25) is 9.69 Å². The quantitative estimate of drug-likeness (QED) is 0.878. The van der Waals surface area contributed by atoms with Crippen molar-refractivity contribution in [1.82, 2.24) is 9.80 Å². The van der Waals surface area contributed by atoms with Crippen LogP contribution in [0.3, 0.4) is 0 Å². The van der Waals surface area contributed by atoms with Crippen LogP contribution in [-0.2, 0) is 9.53 Å². The van der Waals surface area contributed by atoms with Crippen molar-refractivity contribution < 1.29 is 19.4 Å². The lowest BCUT2D eigenvalue weighted by Gasteiger charge is -2.43. The number of nitriles is 1. The molecule has 2 unspecified atom stereocenters. The molecule has 132 valence electrons. The summed E-state index contributed by atoms with van der Waals surface area (Å²) in [4.78, 5) is 28.2. The lowest BCUT2D eigenvalue weighted by atomic mass is 9.94. The molecular formula is C18H21N3O4. The standard InChI is InChI=1S/C18H21N3O4/c19-12-13-1-3-14(4-2-13)17(22)21-6-5-15(11-16(21)18(23)24)20-7-9-25-10-8-20/h1-4,15-16H,5-11H2,(H,23,24). The molecule has 0 bridgehead atoms. The number of morpholine rings is 1. The van der Waals surface area contributed by atoms with E-state index < -0.39 is 12.0 Å². The molecule has 2 aliphatic heterocycles. The molecule has 1 aromatic rings. The number of likely N-dealkylation sites (tertiary alicyclic amines) is 1. The molecule has 2 fully saturated rings. The predicted molar refractivity (Wildman–Crippen MR) is 89.0 cm³/mol. The van der Waals surface area contributed by atoms with Crippen LogP contribution in [-0.4, -0.2) is 71.7 Å². The van der Waals surface area contributed by atoms with Gasteiger partial charge in [-0.1, -0.05) is 0 Å². The number of nitrogens with zero attached hydrogens (tertiary/aromatic N) is 3. The summed E-state index contributed by atoms with van der Waals surface area (Å²) in [6.07, 6.45) is 1.18. The van der Waals surface area contributed by atoms with Crippen LogP contribution in [0, 0.1) is 11.3 Å². The molecule has 0 aliphatic carbocycles. The first kappa shape index (κ1) is 17.4. The van der Waals surface area contributed by atoms with Crippen LogP contribution >= 0.6 is 0 Å². The maximum atomic E-state index is 12.7. The highest BCUT2D eigenvalue weighted by Crippen LogP contribution is 2.25. The van der Waals surface area contributed by atoms with Crippen LogP contribution in [0.25, 0.3) is 0 Å². The Morgan fingerprint density at radius 1 is 1.16 bits per heavy atom. The van der Waals surface area contributed by atoms with Crippen LogP contribution in [0.15, 0.2) is 24.3 Å². The number of aliphatic carboxylic acids is 1. The molecule has 7 nitrogen and oxygen atoms in total. The second kappa shape index (κ2) is 7.64. The number of piperidine rings is 1. The van der Waals surface area contributed by atoms with Gasteiger partial charge in [0.2, 0.25) is 0 Å². The zero-order valence-corrected chi connectivity index (χ0v) is 13.9. The third kappa shape index (κ3) is 3.81. The average Bonchev–Trinajstić information content (AvgIpc) is 2.67. The highest BCUT2D eigenvalue weighted by atomic mass is 16.5. The van der Waals surface area contributed by atoms with E-state index in [0.29, 0.717) is 37.3 Å². The molecule has 2 aliphatic rings. The van der Waals surface area contributed by atoms with Crippen molar-refractivity contribution in [3.05, 3.63) is 35.4 Å². The van der Waals surface area contributed by atoms with E-state index in [1.165, 1.54) is 4.90 Å². The second-order valence-corrected chi connectivity index (χ2v) is 6.37. The van der Waals surface area contributed by atoms with Crippen LogP contribution in [0.2, 0.25) is 0 Å². The number of ether oxygens (including phenoxy) is 1. The molecule has 3 rings (SSSR count). The highest BCUT2D eigenvalue weighted by molar-refractivity contribution is 5.96. The second-order valence-electron chi connectivity index (χ2n) is 6.37. The lowest BCUT2D eigenvalue weighted by Crippen LogP contribution is -2.56.